The van der Waals surface area contributed by atoms with Gasteiger partial charge in [0, 0.05) is 0 Å². The fourth-order valence-electron chi connectivity index (χ4n) is 2.76. The van der Waals surface area contributed by atoms with Crippen LogP contribution in [-0.2, 0) is 0 Å². The molecule has 2 unspecified atom stereocenters. The summed E-state index contributed by atoms with van der Waals surface area (Å²) in [6.07, 6.45) is 11.9. The normalized spacial score (nSPS) is 27.4. The van der Waals surface area contributed by atoms with Crippen molar-refractivity contribution in [3.8, 4) is 0 Å². The average Bonchev–Trinajstić information content (AvgIpc) is 2.59. The molecule has 1 fully saturated rings. The Morgan fingerprint density at radius 1 is 1.07 bits per heavy atom. The molecular formula is C14H28. The van der Waals surface area contributed by atoms with Crippen LogP contribution in [0.15, 0.2) is 0 Å². The van der Waals surface area contributed by atoms with Gasteiger partial charge in [0.2, 0.25) is 0 Å². The minimum absolute atomic E-state index is 0.907. The van der Waals surface area contributed by atoms with Gasteiger partial charge < -0.3 is 0 Å². The highest BCUT2D eigenvalue weighted by atomic mass is 14.3. The Bertz CT molecular complexity index is 137. The summed E-state index contributed by atoms with van der Waals surface area (Å²) in [5.74, 6) is 3.08. The van der Waals surface area contributed by atoms with Crippen LogP contribution in [0.3, 0.4) is 0 Å². The fraction of sp³-hybridized carbons (Fsp3) is 1.00. The summed E-state index contributed by atoms with van der Waals surface area (Å²) in [5.41, 5.74) is 0. The van der Waals surface area contributed by atoms with E-state index in [0.29, 0.717) is 0 Å². The molecule has 0 heterocycles. The third-order valence-corrected chi connectivity index (χ3v) is 3.77. The van der Waals surface area contributed by atoms with Crippen molar-refractivity contribution < 1.29 is 0 Å². The maximum Gasteiger partial charge on any atom is -0.0411 e. The Morgan fingerprint density at radius 3 is 2.29 bits per heavy atom. The number of hydrogen-bond donors (Lipinski definition) is 0. The lowest BCUT2D eigenvalue weighted by molar-refractivity contribution is 0.403. The van der Waals surface area contributed by atoms with Gasteiger partial charge in [0.05, 0.1) is 0 Å². The van der Waals surface area contributed by atoms with Crippen LogP contribution in [0.2, 0.25) is 0 Å². The first kappa shape index (κ1) is 12.1. The molecule has 1 rings (SSSR count). The molecule has 14 heavy (non-hydrogen) atoms. The first-order valence-corrected chi connectivity index (χ1v) is 6.72. The molecule has 0 nitrogen and oxygen atoms in total. The number of rotatable bonds is 6. The van der Waals surface area contributed by atoms with Crippen LogP contribution in [0.25, 0.3) is 0 Å². The average molecular weight is 196 g/mol. The van der Waals surface area contributed by atoms with E-state index in [9.17, 15) is 0 Å². The molecule has 84 valence electrons. The zero-order valence-electron chi connectivity index (χ0n) is 10.4. The van der Waals surface area contributed by atoms with Crippen LogP contribution >= 0.6 is 0 Å². The van der Waals surface area contributed by atoms with E-state index in [1.54, 1.807) is 6.42 Å². The van der Waals surface area contributed by atoms with Crippen LogP contribution in [-0.4, -0.2) is 0 Å². The van der Waals surface area contributed by atoms with Gasteiger partial charge in [-0.1, -0.05) is 65.7 Å². The van der Waals surface area contributed by atoms with Gasteiger partial charge in [0.25, 0.3) is 0 Å². The molecule has 0 radical (unpaired) electrons. The summed E-state index contributed by atoms with van der Waals surface area (Å²) in [6, 6.07) is 0. The molecule has 2 atom stereocenters. The van der Waals surface area contributed by atoms with E-state index in [1.165, 1.54) is 44.9 Å². The molecule has 1 saturated carbocycles. The molecule has 0 heteroatoms. The van der Waals surface area contributed by atoms with Crippen molar-refractivity contribution in [1.29, 1.82) is 0 Å². The predicted molar refractivity (Wildman–Crippen MR) is 64.4 cm³/mol. The molecule has 1 aliphatic carbocycles. The standard InChI is InChI=1S/C14H28/c1-4-5-6-13-9-10-14(11-13)8-7-12(2)3/h12-14H,4-11H2,1-3H3. The molecule has 0 bridgehead atoms. The second-order valence-corrected chi connectivity index (χ2v) is 5.66. The van der Waals surface area contributed by atoms with Crippen molar-refractivity contribution in [2.75, 3.05) is 0 Å². The summed E-state index contributed by atoms with van der Waals surface area (Å²) < 4.78 is 0. The van der Waals surface area contributed by atoms with Crippen molar-refractivity contribution in [1.82, 2.24) is 0 Å². The largest absolute Gasteiger partial charge is 0.0654 e. The maximum atomic E-state index is 2.35. The molecule has 1 aliphatic rings. The lowest BCUT2D eigenvalue weighted by Crippen LogP contribution is -1.99. The number of hydrogen-bond acceptors (Lipinski definition) is 0. The van der Waals surface area contributed by atoms with Gasteiger partial charge in [0.15, 0.2) is 0 Å². The van der Waals surface area contributed by atoms with Gasteiger partial charge in [-0.2, -0.15) is 0 Å². The van der Waals surface area contributed by atoms with E-state index < -0.39 is 0 Å². The first-order valence-electron chi connectivity index (χ1n) is 6.72. The highest BCUT2D eigenvalue weighted by molar-refractivity contribution is 4.75. The van der Waals surface area contributed by atoms with Crippen LogP contribution in [0.1, 0.15) is 72.1 Å². The van der Waals surface area contributed by atoms with Gasteiger partial charge >= 0.3 is 0 Å². The zero-order valence-corrected chi connectivity index (χ0v) is 10.4. The third kappa shape index (κ3) is 4.48. The Kier molecular flexibility index (Phi) is 5.59. The monoisotopic (exact) mass is 196 g/mol. The summed E-state index contributed by atoms with van der Waals surface area (Å²) in [6.45, 7) is 7.01. The topological polar surface area (TPSA) is 0 Å². The van der Waals surface area contributed by atoms with Gasteiger partial charge in [-0.05, 0) is 24.2 Å². The number of unbranched alkanes of at least 4 members (excludes halogenated alkanes) is 1. The van der Waals surface area contributed by atoms with Crippen molar-refractivity contribution >= 4 is 0 Å². The zero-order chi connectivity index (χ0) is 10.4. The molecule has 0 aromatic carbocycles. The Hall–Kier alpha value is 0. The van der Waals surface area contributed by atoms with Gasteiger partial charge in [0.1, 0.15) is 0 Å². The minimum atomic E-state index is 0.907. The molecule has 0 aromatic heterocycles. The van der Waals surface area contributed by atoms with E-state index in [-0.39, 0.29) is 0 Å². The van der Waals surface area contributed by atoms with Crippen molar-refractivity contribution in [3.05, 3.63) is 0 Å². The van der Waals surface area contributed by atoms with E-state index in [0.717, 1.165) is 17.8 Å². The van der Waals surface area contributed by atoms with Crippen LogP contribution in [0.4, 0.5) is 0 Å². The molecule has 0 aromatic rings. The van der Waals surface area contributed by atoms with Gasteiger partial charge in [-0.15, -0.1) is 0 Å². The molecule has 0 saturated heterocycles. The van der Waals surface area contributed by atoms with Crippen molar-refractivity contribution in [2.45, 2.75) is 72.1 Å². The lowest BCUT2D eigenvalue weighted by atomic mass is 9.94. The Balaban J connectivity index is 2.08. The highest BCUT2D eigenvalue weighted by Gasteiger charge is 2.23. The Labute approximate surface area is 90.5 Å². The second kappa shape index (κ2) is 6.48. The van der Waals surface area contributed by atoms with E-state index in [2.05, 4.69) is 20.8 Å². The summed E-state index contributed by atoms with van der Waals surface area (Å²) >= 11 is 0. The Morgan fingerprint density at radius 2 is 1.71 bits per heavy atom. The third-order valence-electron chi connectivity index (χ3n) is 3.77. The highest BCUT2D eigenvalue weighted by Crippen LogP contribution is 2.37. The molecule has 0 spiro atoms. The van der Waals surface area contributed by atoms with Crippen LogP contribution in [0, 0.1) is 17.8 Å². The summed E-state index contributed by atoms with van der Waals surface area (Å²) in [7, 11) is 0. The van der Waals surface area contributed by atoms with Crippen molar-refractivity contribution in [2.24, 2.45) is 17.8 Å². The van der Waals surface area contributed by atoms with Gasteiger partial charge in [-0.3, -0.25) is 0 Å². The predicted octanol–water partition coefficient (Wildman–Crippen LogP) is 5.03. The summed E-state index contributed by atoms with van der Waals surface area (Å²) in [5, 5.41) is 0. The van der Waals surface area contributed by atoms with Crippen LogP contribution in [0.5, 0.6) is 0 Å². The minimum Gasteiger partial charge on any atom is -0.0654 e. The van der Waals surface area contributed by atoms with Crippen molar-refractivity contribution in [3.63, 3.8) is 0 Å². The van der Waals surface area contributed by atoms with E-state index in [1.807, 2.05) is 0 Å². The first-order chi connectivity index (χ1) is 6.72. The van der Waals surface area contributed by atoms with Gasteiger partial charge in [-0.25, -0.2) is 0 Å². The fourth-order valence-corrected chi connectivity index (χ4v) is 2.76. The lowest BCUT2D eigenvalue weighted by Gasteiger charge is -2.12. The summed E-state index contributed by atoms with van der Waals surface area (Å²) in [4.78, 5) is 0. The van der Waals surface area contributed by atoms with E-state index in [4.69, 9.17) is 0 Å². The molecule has 0 aliphatic heterocycles. The molecule has 0 N–H and O–H groups in total. The van der Waals surface area contributed by atoms with E-state index >= 15 is 0 Å². The molecule has 0 amide bonds. The quantitative estimate of drug-likeness (QED) is 0.559. The van der Waals surface area contributed by atoms with Crippen LogP contribution < -0.4 is 0 Å². The smallest absolute Gasteiger partial charge is 0.0411 e. The molecular weight excluding hydrogens is 168 g/mol. The SMILES string of the molecule is CCCCC1CCC(CCC(C)C)C1. The maximum absolute atomic E-state index is 2.35. The second-order valence-electron chi connectivity index (χ2n) is 5.66.